The highest BCUT2D eigenvalue weighted by Crippen LogP contribution is 2.42. The number of aliphatic hydroxyl groups excluding tert-OH is 1. The molecule has 1 amide bonds. The Labute approximate surface area is 194 Å². The van der Waals surface area contributed by atoms with Gasteiger partial charge >= 0.3 is 5.69 Å². The Morgan fingerprint density at radius 3 is 2.55 bits per heavy atom. The van der Waals surface area contributed by atoms with E-state index in [0.29, 0.717) is 23.5 Å². The molecule has 1 N–H and O–H groups in total. The summed E-state index contributed by atoms with van der Waals surface area (Å²) in [5, 5.41) is 14.4. The number of aromatic nitrogens is 3. The average Bonchev–Trinajstić information content (AvgIpc) is 3.24. The molecule has 2 aromatic heterocycles. The van der Waals surface area contributed by atoms with Crippen LogP contribution in [0.25, 0.3) is 5.65 Å². The molecule has 7 nitrogen and oxygen atoms in total. The molecule has 10 heteroatoms. The van der Waals surface area contributed by atoms with Gasteiger partial charge in [0.2, 0.25) is 5.91 Å². The van der Waals surface area contributed by atoms with Crippen molar-refractivity contribution in [1.29, 1.82) is 0 Å². The van der Waals surface area contributed by atoms with Crippen LogP contribution >= 0.6 is 11.6 Å². The van der Waals surface area contributed by atoms with Crippen molar-refractivity contribution in [3.63, 3.8) is 0 Å². The molecule has 0 fully saturated rings. The number of benzene rings is 1. The summed E-state index contributed by atoms with van der Waals surface area (Å²) < 4.78 is 30.5. The normalized spacial score (nSPS) is 15.3. The number of fused-ring (bicyclic) bond motifs is 3. The molecule has 0 aliphatic carbocycles. The molecule has 0 radical (unpaired) electrons. The Morgan fingerprint density at radius 1 is 1.24 bits per heavy atom. The Bertz CT molecular complexity index is 1330. The van der Waals surface area contributed by atoms with E-state index in [1.54, 1.807) is 19.9 Å². The highest BCUT2D eigenvalue weighted by molar-refractivity contribution is 6.29. The fourth-order valence-electron chi connectivity index (χ4n) is 4.36. The first-order valence-corrected chi connectivity index (χ1v) is 11.0. The average molecular weight is 479 g/mol. The summed E-state index contributed by atoms with van der Waals surface area (Å²) in [6.45, 7) is 7.14. The van der Waals surface area contributed by atoms with Gasteiger partial charge in [-0.15, -0.1) is 16.7 Å². The van der Waals surface area contributed by atoms with Crippen LogP contribution in [0.1, 0.15) is 44.5 Å². The number of halogens is 3. The molecule has 1 aliphatic rings. The lowest BCUT2D eigenvalue weighted by Crippen LogP contribution is -2.40. The van der Waals surface area contributed by atoms with Gasteiger partial charge in [0.1, 0.15) is 17.5 Å². The standard InChI is InChI=1S/C23H25ClF2N4O3/c1-22(2)11-28(18(32)10-24)17-8-14(7-13-5-6-15(25)9-16(13)26)20-27-30(23(3,4)12-31)21(33)29(20)19(17)22/h5-6,8-9,31H,7,10-12H2,1-4H3. The Hall–Kier alpha value is -2.78. The largest absolute Gasteiger partial charge is 0.394 e. The number of amides is 1. The van der Waals surface area contributed by atoms with E-state index in [4.69, 9.17) is 11.6 Å². The molecule has 0 unspecified atom stereocenters. The van der Waals surface area contributed by atoms with Crippen LogP contribution in [0, 0.1) is 11.6 Å². The number of rotatable bonds is 5. The van der Waals surface area contributed by atoms with E-state index in [1.165, 1.54) is 20.0 Å². The van der Waals surface area contributed by atoms with Gasteiger partial charge in [-0.1, -0.05) is 19.9 Å². The Morgan fingerprint density at radius 2 is 1.94 bits per heavy atom. The monoisotopic (exact) mass is 478 g/mol. The highest BCUT2D eigenvalue weighted by Gasteiger charge is 2.42. The van der Waals surface area contributed by atoms with E-state index in [2.05, 4.69) is 5.10 Å². The first-order chi connectivity index (χ1) is 15.4. The smallest absolute Gasteiger partial charge is 0.351 e. The van der Waals surface area contributed by atoms with Crippen LogP contribution < -0.4 is 10.6 Å². The van der Waals surface area contributed by atoms with Crippen molar-refractivity contribution < 1.29 is 18.7 Å². The molecule has 176 valence electrons. The number of carbonyl (C=O) groups excluding carboxylic acids is 1. The zero-order chi connectivity index (χ0) is 24.3. The molecule has 0 spiro atoms. The summed E-state index contributed by atoms with van der Waals surface area (Å²) >= 11 is 5.84. The third-order valence-corrected chi connectivity index (χ3v) is 6.33. The van der Waals surface area contributed by atoms with Crippen LogP contribution in [0.3, 0.4) is 0 Å². The van der Waals surface area contributed by atoms with Crippen molar-refractivity contribution in [3.05, 3.63) is 63.2 Å². The van der Waals surface area contributed by atoms with E-state index >= 15 is 0 Å². The van der Waals surface area contributed by atoms with Crippen LogP contribution in [0.15, 0.2) is 29.1 Å². The van der Waals surface area contributed by atoms with Crippen LogP contribution in [0.2, 0.25) is 0 Å². The molecule has 3 heterocycles. The second-order valence-electron chi connectivity index (χ2n) is 9.64. The summed E-state index contributed by atoms with van der Waals surface area (Å²) in [4.78, 5) is 27.7. The first-order valence-electron chi connectivity index (χ1n) is 10.5. The van der Waals surface area contributed by atoms with Gasteiger partial charge in [0.15, 0.2) is 5.65 Å². The predicted molar refractivity (Wildman–Crippen MR) is 121 cm³/mol. The number of hydrogen-bond acceptors (Lipinski definition) is 4. The van der Waals surface area contributed by atoms with Gasteiger partial charge in [-0.2, -0.15) is 0 Å². The summed E-state index contributed by atoms with van der Waals surface area (Å²) in [5.41, 5.74) is -0.00242. The molecule has 0 atom stereocenters. The highest BCUT2D eigenvalue weighted by atomic mass is 35.5. The number of alkyl halides is 1. The van der Waals surface area contributed by atoms with Gasteiger partial charge in [-0.3, -0.25) is 4.79 Å². The third-order valence-electron chi connectivity index (χ3n) is 6.10. The van der Waals surface area contributed by atoms with Crippen LogP contribution in [0.5, 0.6) is 0 Å². The summed E-state index contributed by atoms with van der Waals surface area (Å²) in [5.74, 6) is -1.97. The molecule has 0 bridgehead atoms. The Kier molecular flexibility index (Phi) is 5.61. The second-order valence-corrected chi connectivity index (χ2v) is 9.90. The number of carbonyl (C=O) groups is 1. The number of anilines is 1. The topological polar surface area (TPSA) is 79.8 Å². The molecule has 33 heavy (non-hydrogen) atoms. The van der Waals surface area contributed by atoms with E-state index in [1.807, 2.05) is 13.8 Å². The van der Waals surface area contributed by atoms with E-state index in [-0.39, 0.29) is 36.0 Å². The van der Waals surface area contributed by atoms with Crippen molar-refractivity contribution >= 4 is 28.8 Å². The molecular weight excluding hydrogens is 454 g/mol. The molecule has 1 aromatic carbocycles. The van der Waals surface area contributed by atoms with Gasteiger partial charge in [0, 0.05) is 30.0 Å². The van der Waals surface area contributed by atoms with Gasteiger partial charge in [0.25, 0.3) is 0 Å². The fourth-order valence-corrected chi connectivity index (χ4v) is 4.50. The lowest BCUT2D eigenvalue weighted by Gasteiger charge is -2.21. The number of pyridine rings is 1. The van der Waals surface area contributed by atoms with Gasteiger partial charge in [0.05, 0.1) is 23.5 Å². The molecular formula is C23H25ClF2N4O3. The van der Waals surface area contributed by atoms with Crippen molar-refractivity contribution in [2.75, 3.05) is 23.9 Å². The lowest BCUT2D eigenvalue weighted by atomic mass is 9.90. The quantitative estimate of drug-likeness (QED) is 0.572. The van der Waals surface area contributed by atoms with Crippen molar-refractivity contribution in [3.8, 4) is 0 Å². The maximum Gasteiger partial charge on any atom is 0.351 e. The second kappa shape index (κ2) is 7.92. The number of nitrogens with zero attached hydrogens (tertiary/aromatic N) is 4. The minimum Gasteiger partial charge on any atom is -0.394 e. The van der Waals surface area contributed by atoms with Crippen LogP contribution in [0.4, 0.5) is 14.5 Å². The maximum absolute atomic E-state index is 14.5. The van der Waals surface area contributed by atoms with Gasteiger partial charge in [-0.05, 0) is 31.5 Å². The third kappa shape index (κ3) is 3.73. The lowest BCUT2D eigenvalue weighted by molar-refractivity contribution is -0.116. The van der Waals surface area contributed by atoms with E-state index < -0.39 is 28.3 Å². The molecule has 0 saturated carbocycles. The summed E-state index contributed by atoms with van der Waals surface area (Å²) in [6, 6.07) is 5.02. The minimum absolute atomic E-state index is 0.0161. The number of aliphatic hydroxyl groups is 1. The molecule has 3 aromatic rings. The van der Waals surface area contributed by atoms with Crippen molar-refractivity contribution in [2.45, 2.75) is 45.1 Å². The molecule has 1 aliphatic heterocycles. The van der Waals surface area contributed by atoms with E-state index in [9.17, 15) is 23.5 Å². The summed E-state index contributed by atoms with van der Waals surface area (Å²) in [6.07, 6.45) is 0.0161. The molecule has 0 saturated heterocycles. The molecule has 4 rings (SSSR count). The van der Waals surface area contributed by atoms with Crippen LogP contribution in [-0.4, -0.2) is 44.2 Å². The zero-order valence-corrected chi connectivity index (χ0v) is 19.6. The van der Waals surface area contributed by atoms with Gasteiger partial charge in [-0.25, -0.2) is 22.7 Å². The zero-order valence-electron chi connectivity index (χ0n) is 18.8. The summed E-state index contributed by atoms with van der Waals surface area (Å²) in [7, 11) is 0. The SMILES string of the molecule is CC1(C)CN(C(=O)CCl)c2cc(Cc3ccc(F)cc3F)c3nn(C(C)(C)CO)c(=O)n3c21. The first kappa shape index (κ1) is 23.4. The van der Waals surface area contributed by atoms with Crippen molar-refractivity contribution in [1.82, 2.24) is 14.2 Å². The van der Waals surface area contributed by atoms with Crippen LogP contribution in [-0.2, 0) is 22.2 Å². The van der Waals surface area contributed by atoms with E-state index in [0.717, 1.165) is 12.1 Å². The maximum atomic E-state index is 14.5. The van der Waals surface area contributed by atoms with Gasteiger partial charge < -0.3 is 10.0 Å². The number of hydrogen-bond donors (Lipinski definition) is 1. The van der Waals surface area contributed by atoms with Crippen molar-refractivity contribution in [2.24, 2.45) is 0 Å². The Balaban J connectivity index is 2.06. The fraction of sp³-hybridized carbons (Fsp3) is 0.435. The predicted octanol–water partition coefficient (Wildman–Crippen LogP) is 2.96. The minimum atomic E-state index is -0.997.